The van der Waals surface area contributed by atoms with Gasteiger partial charge in [-0.05, 0) is 36.4 Å². The molecule has 3 heteroatoms. The van der Waals surface area contributed by atoms with Crippen molar-refractivity contribution < 1.29 is 4.74 Å². The van der Waals surface area contributed by atoms with E-state index in [-0.39, 0.29) is 5.60 Å². The van der Waals surface area contributed by atoms with Gasteiger partial charge < -0.3 is 15.4 Å². The van der Waals surface area contributed by atoms with Crippen molar-refractivity contribution in [2.45, 2.75) is 25.4 Å². The van der Waals surface area contributed by atoms with Gasteiger partial charge in [-0.1, -0.05) is 37.3 Å². The summed E-state index contributed by atoms with van der Waals surface area (Å²) < 4.78 is 6.49. The second-order valence-corrected chi connectivity index (χ2v) is 5.97. The van der Waals surface area contributed by atoms with Crippen LogP contribution in [0.3, 0.4) is 0 Å². The van der Waals surface area contributed by atoms with Crippen LogP contribution in [0.4, 0.5) is 5.69 Å². The second kappa shape index (κ2) is 6.41. The fourth-order valence-electron chi connectivity index (χ4n) is 3.18. The fourth-order valence-corrected chi connectivity index (χ4v) is 3.18. The lowest BCUT2D eigenvalue weighted by atomic mass is 9.84. The number of nitrogen functional groups attached to an aromatic ring is 1. The van der Waals surface area contributed by atoms with Crippen molar-refractivity contribution in [2.24, 2.45) is 0 Å². The Balaban J connectivity index is 1.88. The summed E-state index contributed by atoms with van der Waals surface area (Å²) in [6.07, 6.45) is 2.02. The van der Waals surface area contributed by atoms with Crippen LogP contribution in [0.15, 0.2) is 54.6 Å². The molecule has 1 saturated heterocycles. The largest absolute Gasteiger partial charge is 0.482 e. The number of anilines is 1. The smallest absolute Gasteiger partial charge is 0.136 e. The van der Waals surface area contributed by atoms with Gasteiger partial charge in [0, 0.05) is 31.6 Å². The van der Waals surface area contributed by atoms with E-state index in [9.17, 15) is 0 Å². The molecule has 0 aliphatic carbocycles. The summed E-state index contributed by atoms with van der Waals surface area (Å²) in [7, 11) is 0. The molecule has 0 aromatic heterocycles. The van der Waals surface area contributed by atoms with Crippen molar-refractivity contribution in [3.05, 3.63) is 60.2 Å². The zero-order valence-corrected chi connectivity index (χ0v) is 13.2. The first kappa shape index (κ1) is 14.9. The molecule has 1 heterocycles. The number of likely N-dealkylation sites (tertiary alicyclic amines) is 1. The maximum atomic E-state index is 6.49. The van der Waals surface area contributed by atoms with E-state index in [1.54, 1.807) is 0 Å². The third kappa shape index (κ3) is 3.09. The van der Waals surface area contributed by atoms with E-state index in [1.807, 2.05) is 24.3 Å². The molecular formula is C19H24N2O. The summed E-state index contributed by atoms with van der Waals surface area (Å²) in [5.41, 5.74) is 7.58. The van der Waals surface area contributed by atoms with Crippen molar-refractivity contribution in [3.63, 3.8) is 0 Å². The van der Waals surface area contributed by atoms with Gasteiger partial charge in [0.05, 0.1) is 0 Å². The molecule has 22 heavy (non-hydrogen) atoms. The van der Waals surface area contributed by atoms with Gasteiger partial charge in [-0.3, -0.25) is 0 Å². The van der Waals surface area contributed by atoms with Crippen LogP contribution in [0.1, 0.15) is 25.3 Å². The highest BCUT2D eigenvalue weighted by Crippen LogP contribution is 2.37. The van der Waals surface area contributed by atoms with Gasteiger partial charge in [-0.15, -0.1) is 0 Å². The first-order valence-corrected chi connectivity index (χ1v) is 8.04. The van der Waals surface area contributed by atoms with E-state index in [0.29, 0.717) is 0 Å². The molecule has 1 aliphatic rings. The van der Waals surface area contributed by atoms with Crippen molar-refractivity contribution >= 4 is 5.69 Å². The second-order valence-electron chi connectivity index (χ2n) is 5.97. The predicted molar refractivity (Wildman–Crippen MR) is 91.0 cm³/mol. The molecule has 2 aromatic rings. The molecule has 116 valence electrons. The fraction of sp³-hybridized carbons (Fsp3) is 0.368. The molecule has 1 aliphatic heterocycles. The molecule has 3 nitrogen and oxygen atoms in total. The lowest BCUT2D eigenvalue weighted by Crippen LogP contribution is -2.45. The molecular weight excluding hydrogens is 272 g/mol. The molecule has 0 spiro atoms. The summed E-state index contributed by atoms with van der Waals surface area (Å²) in [6.45, 7) is 5.46. The Morgan fingerprint density at radius 1 is 1.00 bits per heavy atom. The molecule has 3 rings (SSSR count). The summed E-state index contributed by atoms with van der Waals surface area (Å²) in [5, 5.41) is 0. The van der Waals surface area contributed by atoms with Crippen LogP contribution >= 0.6 is 0 Å². The van der Waals surface area contributed by atoms with Gasteiger partial charge in [0.1, 0.15) is 11.4 Å². The number of hydrogen-bond acceptors (Lipinski definition) is 3. The van der Waals surface area contributed by atoms with Crippen LogP contribution in [-0.2, 0) is 5.60 Å². The lowest BCUT2D eigenvalue weighted by Gasteiger charge is -2.42. The van der Waals surface area contributed by atoms with Crippen LogP contribution in [0.2, 0.25) is 0 Å². The lowest BCUT2D eigenvalue weighted by molar-refractivity contribution is -0.00140. The quantitative estimate of drug-likeness (QED) is 0.875. The minimum absolute atomic E-state index is 0.233. The number of ether oxygens (including phenoxy) is 1. The third-order valence-electron chi connectivity index (χ3n) is 4.60. The molecule has 0 amide bonds. The van der Waals surface area contributed by atoms with Crippen molar-refractivity contribution in [1.29, 1.82) is 0 Å². The van der Waals surface area contributed by atoms with Crippen LogP contribution in [-0.4, -0.2) is 24.5 Å². The Hall–Kier alpha value is -2.00. The maximum Gasteiger partial charge on any atom is 0.136 e. The van der Waals surface area contributed by atoms with E-state index < -0.39 is 0 Å². The van der Waals surface area contributed by atoms with Gasteiger partial charge in [0.2, 0.25) is 0 Å². The van der Waals surface area contributed by atoms with E-state index >= 15 is 0 Å². The zero-order valence-electron chi connectivity index (χ0n) is 13.2. The number of rotatable bonds is 4. The number of nitrogens with two attached hydrogens (primary N) is 1. The Kier molecular flexibility index (Phi) is 4.34. The van der Waals surface area contributed by atoms with Crippen molar-refractivity contribution in [2.75, 3.05) is 25.4 Å². The average molecular weight is 296 g/mol. The number of benzene rings is 2. The van der Waals surface area contributed by atoms with E-state index in [0.717, 1.165) is 43.9 Å². The molecule has 0 radical (unpaired) electrons. The minimum atomic E-state index is -0.233. The summed E-state index contributed by atoms with van der Waals surface area (Å²) >= 11 is 0. The highest BCUT2D eigenvalue weighted by atomic mass is 16.5. The van der Waals surface area contributed by atoms with E-state index in [2.05, 4.69) is 42.2 Å². The van der Waals surface area contributed by atoms with E-state index in [4.69, 9.17) is 10.5 Å². The van der Waals surface area contributed by atoms with Crippen molar-refractivity contribution in [3.8, 4) is 5.75 Å². The number of piperidine rings is 1. The van der Waals surface area contributed by atoms with Gasteiger partial charge in [0.15, 0.2) is 0 Å². The highest BCUT2D eigenvalue weighted by Gasteiger charge is 2.38. The Morgan fingerprint density at radius 2 is 1.64 bits per heavy atom. The first-order valence-electron chi connectivity index (χ1n) is 8.04. The van der Waals surface area contributed by atoms with E-state index in [1.165, 1.54) is 5.56 Å². The van der Waals surface area contributed by atoms with Gasteiger partial charge in [-0.25, -0.2) is 0 Å². The third-order valence-corrected chi connectivity index (χ3v) is 4.60. The Morgan fingerprint density at radius 3 is 2.23 bits per heavy atom. The first-order chi connectivity index (χ1) is 10.7. The molecule has 0 saturated carbocycles. The van der Waals surface area contributed by atoms with Gasteiger partial charge in [0.25, 0.3) is 0 Å². The summed E-state index contributed by atoms with van der Waals surface area (Å²) in [5.74, 6) is 0.892. The van der Waals surface area contributed by atoms with Gasteiger partial charge >= 0.3 is 0 Å². The topological polar surface area (TPSA) is 38.5 Å². The molecule has 2 N–H and O–H groups in total. The monoisotopic (exact) mass is 296 g/mol. The summed E-state index contributed by atoms with van der Waals surface area (Å²) in [4.78, 5) is 2.48. The van der Waals surface area contributed by atoms with Crippen LogP contribution < -0.4 is 10.5 Å². The minimum Gasteiger partial charge on any atom is -0.482 e. The zero-order chi connectivity index (χ0) is 15.4. The molecule has 0 unspecified atom stereocenters. The Labute approximate surface area is 132 Å². The average Bonchev–Trinajstić information content (AvgIpc) is 2.58. The maximum absolute atomic E-state index is 6.49. The Bertz CT molecular complexity index is 587. The normalized spacial score (nSPS) is 18.0. The molecule has 1 fully saturated rings. The molecule has 2 aromatic carbocycles. The van der Waals surface area contributed by atoms with Crippen LogP contribution in [0.5, 0.6) is 5.75 Å². The highest BCUT2D eigenvalue weighted by molar-refractivity contribution is 5.42. The predicted octanol–water partition coefficient (Wildman–Crippen LogP) is 3.66. The number of hydrogen-bond donors (Lipinski definition) is 1. The van der Waals surface area contributed by atoms with Crippen LogP contribution in [0.25, 0.3) is 0 Å². The SMILES string of the molecule is CCN1CCC(Oc2ccc(N)cc2)(c2ccccc2)CC1. The molecule has 0 bridgehead atoms. The standard InChI is InChI=1S/C19H24N2O/c1-2-21-14-12-19(13-15-21,16-6-4-3-5-7-16)22-18-10-8-17(20)9-11-18/h3-11H,2,12-15,20H2,1H3. The molecule has 0 atom stereocenters. The van der Waals surface area contributed by atoms with Gasteiger partial charge in [-0.2, -0.15) is 0 Å². The number of nitrogens with zero attached hydrogens (tertiary/aromatic N) is 1. The summed E-state index contributed by atoms with van der Waals surface area (Å²) in [6, 6.07) is 18.3. The van der Waals surface area contributed by atoms with Crippen molar-refractivity contribution in [1.82, 2.24) is 4.90 Å². The van der Waals surface area contributed by atoms with Crippen LogP contribution in [0, 0.1) is 0 Å².